The maximum absolute atomic E-state index is 13.6. The molecule has 1 N–H and O–H groups in total. The number of halogens is 2. The van der Waals surface area contributed by atoms with E-state index in [1.807, 2.05) is 0 Å². The minimum Gasteiger partial charge on any atom is -0.495 e. The van der Waals surface area contributed by atoms with E-state index < -0.39 is 11.9 Å². The lowest BCUT2D eigenvalue weighted by molar-refractivity contribution is 0.0202. The van der Waals surface area contributed by atoms with Crippen LogP contribution in [0.3, 0.4) is 0 Å². The summed E-state index contributed by atoms with van der Waals surface area (Å²) in [5, 5.41) is 14.3. The van der Waals surface area contributed by atoms with Crippen molar-refractivity contribution in [2.45, 2.75) is 62.6 Å². The van der Waals surface area contributed by atoms with E-state index in [0.717, 1.165) is 31.4 Å². The molecule has 1 aromatic heterocycles. The third-order valence-electron chi connectivity index (χ3n) is 7.74. The molecule has 0 amide bonds. The number of esters is 1. The Morgan fingerprint density at radius 3 is 2.34 bits per heavy atom. The summed E-state index contributed by atoms with van der Waals surface area (Å²) in [7, 11) is 1.54. The molecule has 8 nitrogen and oxygen atoms in total. The third-order valence-corrected chi connectivity index (χ3v) is 8.37. The zero-order valence-corrected chi connectivity index (χ0v) is 22.2. The van der Waals surface area contributed by atoms with Crippen molar-refractivity contribution in [1.29, 1.82) is 0 Å². The summed E-state index contributed by atoms with van der Waals surface area (Å²) in [6.45, 7) is 0. The van der Waals surface area contributed by atoms with E-state index in [1.165, 1.54) is 0 Å². The van der Waals surface area contributed by atoms with Gasteiger partial charge >= 0.3 is 11.9 Å². The van der Waals surface area contributed by atoms with Crippen LogP contribution in [-0.4, -0.2) is 47.5 Å². The Bertz CT molecular complexity index is 1380. The molecule has 2 saturated heterocycles. The molecule has 3 atom stereocenters. The number of hydrogen-bond acceptors (Lipinski definition) is 7. The van der Waals surface area contributed by atoms with Crippen LogP contribution in [0.15, 0.2) is 40.9 Å². The number of nitrogens with zero attached hydrogens (tertiary/aromatic N) is 2. The Morgan fingerprint density at radius 1 is 1.05 bits per heavy atom. The molecular weight excluding hydrogens is 531 g/mol. The van der Waals surface area contributed by atoms with Crippen molar-refractivity contribution < 1.29 is 28.7 Å². The van der Waals surface area contributed by atoms with Gasteiger partial charge in [-0.2, -0.15) is 0 Å². The van der Waals surface area contributed by atoms with Crippen molar-refractivity contribution in [3.8, 4) is 17.0 Å². The summed E-state index contributed by atoms with van der Waals surface area (Å²) < 4.78 is 17.3. The number of anilines is 1. The van der Waals surface area contributed by atoms with E-state index in [-0.39, 0.29) is 29.7 Å². The topological polar surface area (TPSA) is 102 Å². The summed E-state index contributed by atoms with van der Waals surface area (Å²) in [5.41, 5.74) is 2.13. The molecule has 2 bridgehead atoms. The molecule has 38 heavy (non-hydrogen) atoms. The summed E-state index contributed by atoms with van der Waals surface area (Å²) in [4.78, 5) is 27.3. The minimum absolute atomic E-state index is 0.138. The van der Waals surface area contributed by atoms with Crippen molar-refractivity contribution in [3.05, 3.63) is 63.3 Å². The van der Waals surface area contributed by atoms with Crippen molar-refractivity contribution in [2.75, 3.05) is 12.0 Å². The molecule has 0 spiro atoms. The molecule has 3 fully saturated rings. The highest BCUT2D eigenvalue weighted by atomic mass is 35.5. The zero-order chi connectivity index (χ0) is 26.6. The first kappa shape index (κ1) is 25.1. The summed E-state index contributed by atoms with van der Waals surface area (Å²) >= 11 is 12.9. The fourth-order valence-electron chi connectivity index (χ4n) is 5.87. The highest BCUT2D eigenvalue weighted by molar-refractivity contribution is 6.39. The van der Waals surface area contributed by atoms with E-state index >= 15 is 0 Å². The number of carboxylic acids is 1. The fraction of sp³-hybridized carbons (Fsp3) is 0.393. The molecule has 1 saturated carbocycles. The van der Waals surface area contributed by atoms with Gasteiger partial charge < -0.3 is 24.0 Å². The summed E-state index contributed by atoms with van der Waals surface area (Å²) in [6, 6.07) is 10.4. The second-order valence-corrected chi connectivity index (χ2v) is 10.9. The van der Waals surface area contributed by atoms with Crippen LogP contribution in [-0.2, 0) is 4.74 Å². The first-order valence-electron chi connectivity index (χ1n) is 12.7. The van der Waals surface area contributed by atoms with Crippen LogP contribution in [0, 0.1) is 0 Å². The molecule has 10 heteroatoms. The molecular formula is C28H26Cl2N2O6. The van der Waals surface area contributed by atoms with Gasteiger partial charge in [0.2, 0.25) is 0 Å². The first-order valence-corrected chi connectivity index (χ1v) is 13.5. The van der Waals surface area contributed by atoms with Crippen molar-refractivity contribution in [2.24, 2.45) is 0 Å². The average Bonchev–Trinajstić information content (AvgIpc) is 3.59. The molecule has 2 aromatic carbocycles. The Morgan fingerprint density at radius 2 is 1.74 bits per heavy atom. The van der Waals surface area contributed by atoms with E-state index in [4.69, 9.17) is 37.2 Å². The van der Waals surface area contributed by atoms with Crippen LogP contribution in [0.4, 0.5) is 5.69 Å². The lowest BCUT2D eigenvalue weighted by Crippen LogP contribution is -2.46. The number of rotatable bonds is 7. The molecule has 3 aromatic rings. The van der Waals surface area contributed by atoms with Crippen molar-refractivity contribution in [3.63, 3.8) is 0 Å². The van der Waals surface area contributed by atoms with Gasteiger partial charge in [0.05, 0.1) is 28.4 Å². The number of fused-ring (bicyclic) bond motifs is 2. The van der Waals surface area contributed by atoms with Gasteiger partial charge in [-0.3, -0.25) is 0 Å². The number of hydrogen-bond donors (Lipinski definition) is 1. The fourth-order valence-corrected chi connectivity index (χ4v) is 6.45. The van der Waals surface area contributed by atoms with Crippen molar-refractivity contribution in [1.82, 2.24) is 5.16 Å². The van der Waals surface area contributed by atoms with E-state index in [1.54, 1.807) is 43.5 Å². The smallest absolute Gasteiger partial charge is 0.344 e. The van der Waals surface area contributed by atoms with Gasteiger partial charge in [0.15, 0.2) is 5.76 Å². The number of aromatic carboxylic acids is 1. The lowest BCUT2D eigenvalue weighted by Gasteiger charge is -2.40. The van der Waals surface area contributed by atoms with Gasteiger partial charge in [-0.05, 0) is 56.0 Å². The van der Waals surface area contributed by atoms with Crippen LogP contribution >= 0.6 is 23.2 Å². The predicted octanol–water partition coefficient (Wildman–Crippen LogP) is 6.59. The molecule has 1 aliphatic carbocycles. The molecule has 0 radical (unpaired) electrons. The third kappa shape index (κ3) is 4.39. The quantitative estimate of drug-likeness (QED) is 0.325. The maximum atomic E-state index is 13.6. The van der Waals surface area contributed by atoms with Gasteiger partial charge in [-0.25, -0.2) is 9.59 Å². The standard InChI is InChI=1S/C28H26Cl2N2O6/c1-36-22-11-15(27(33)34)7-10-21(22)32-16-8-9-17(32)13-18(12-16)37-28(35)24-25(31-38-26(24)14-5-6-14)23-19(29)3-2-4-20(23)30/h2-4,7,10-11,14,16-18H,5-6,8-9,12-13H2,1H3,(H,33,34)/t16-,17+,18?. The number of piperidine rings is 1. The molecule has 2 aliphatic heterocycles. The minimum atomic E-state index is -1.000. The van der Waals surface area contributed by atoms with Gasteiger partial charge in [0.25, 0.3) is 0 Å². The van der Waals surface area contributed by atoms with Gasteiger partial charge in [0, 0.05) is 36.4 Å². The highest BCUT2D eigenvalue weighted by Crippen LogP contribution is 2.47. The number of ether oxygens (including phenoxy) is 2. The number of benzene rings is 2. The average molecular weight is 557 g/mol. The first-order chi connectivity index (χ1) is 18.4. The number of methoxy groups -OCH3 is 1. The molecule has 198 valence electrons. The van der Waals surface area contributed by atoms with Crippen LogP contribution in [0.25, 0.3) is 11.3 Å². The number of carboxylic acid groups (broad SMARTS) is 1. The number of carbonyl (C=O) groups excluding carboxylic acids is 1. The van der Waals surface area contributed by atoms with Crippen molar-refractivity contribution >= 4 is 40.8 Å². The normalized spacial score (nSPS) is 22.4. The van der Waals surface area contributed by atoms with Gasteiger partial charge in [-0.15, -0.1) is 0 Å². The molecule has 3 heterocycles. The molecule has 3 aliphatic rings. The number of aromatic nitrogens is 1. The monoisotopic (exact) mass is 556 g/mol. The van der Waals surface area contributed by atoms with Gasteiger partial charge in [-0.1, -0.05) is 34.4 Å². The molecule has 1 unspecified atom stereocenters. The van der Waals surface area contributed by atoms with Crippen LogP contribution in [0.1, 0.15) is 70.9 Å². The molecule has 6 rings (SSSR count). The Balaban J connectivity index is 1.25. The number of carbonyl (C=O) groups is 2. The summed E-state index contributed by atoms with van der Waals surface area (Å²) in [6.07, 6.45) is 4.77. The largest absolute Gasteiger partial charge is 0.495 e. The highest BCUT2D eigenvalue weighted by Gasteiger charge is 2.44. The summed E-state index contributed by atoms with van der Waals surface area (Å²) in [5.74, 6) is -0.276. The second-order valence-electron chi connectivity index (χ2n) is 10.1. The van der Waals surface area contributed by atoms with E-state index in [9.17, 15) is 14.7 Å². The van der Waals surface area contributed by atoms with Crippen LogP contribution < -0.4 is 9.64 Å². The SMILES string of the molecule is COc1cc(C(=O)O)ccc1N1[C@@H]2CC[C@H]1CC(OC(=O)c1c(-c3c(Cl)cccc3Cl)noc1C1CC1)C2. The van der Waals surface area contributed by atoms with Gasteiger partial charge in [0.1, 0.15) is 23.1 Å². The lowest BCUT2D eigenvalue weighted by atomic mass is 9.97. The zero-order valence-electron chi connectivity index (χ0n) is 20.7. The Kier molecular flexibility index (Phi) is 6.48. The van der Waals surface area contributed by atoms with Crippen LogP contribution in [0.2, 0.25) is 10.0 Å². The Hall–Kier alpha value is -3.23. The van der Waals surface area contributed by atoms with Crippen LogP contribution in [0.5, 0.6) is 5.75 Å². The predicted molar refractivity (Wildman–Crippen MR) is 142 cm³/mol. The Labute approximate surface area is 229 Å². The second kappa shape index (κ2) is 9.82. The maximum Gasteiger partial charge on any atom is 0.344 e. The van der Waals surface area contributed by atoms with E-state index in [0.29, 0.717) is 51.2 Å². The van der Waals surface area contributed by atoms with E-state index in [2.05, 4.69) is 10.1 Å².